The Bertz CT molecular complexity index is 1290. The van der Waals surface area contributed by atoms with E-state index in [0.29, 0.717) is 46.0 Å². The Hall–Kier alpha value is -4.07. The smallest absolute Gasteiger partial charge is 0.337 e. The van der Waals surface area contributed by atoms with Gasteiger partial charge in [-0.15, -0.1) is 0 Å². The maximum absolute atomic E-state index is 13.8. The minimum atomic E-state index is -0.952. The van der Waals surface area contributed by atoms with Crippen molar-refractivity contribution in [3.63, 3.8) is 0 Å². The normalized spacial score (nSPS) is 22.6. The molecule has 0 bridgehead atoms. The molecule has 8 nitrogen and oxygen atoms in total. The Morgan fingerprint density at radius 3 is 2.58 bits per heavy atom. The molecular formula is C28H27NO7. The third kappa shape index (κ3) is 4.12. The molecule has 0 spiro atoms. The van der Waals surface area contributed by atoms with E-state index in [0.717, 1.165) is 5.56 Å². The van der Waals surface area contributed by atoms with Crippen molar-refractivity contribution in [3.05, 3.63) is 82.2 Å². The average Bonchev–Trinajstić information content (AvgIpc) is 3.35. The van der Waals surface area contributed by atoms with Crippen LogP contribution in [0.2, 0.25) is 0 Å². The van der Waals surface area contributed by atoms with Crippen LogP contribution in [-0.2, 0) is 30.5 Å². The van der Waals surface area contributed by atoms with Crippen LogP contribution in [0.5, 0.6) is 11.5 Å². The van der Waals surface area contributed by atoms with E-state index in [-0.39, 0.29) is 25.1 Å². The number of methoxy groups -OCH3 is 1. The monoisotopic (exact) mass is 489 g/mol. The van der Waals surface area contributed by atoms with Crippen LogP contribution in [0.4, 0.5) is 0 Å². The number of hydrogen-bond donors (Lipinski definition) is 1. The van der Waals surface area contributed by atoms with Crippen LogP contribution in [0, 0.1) is 11.8 Å². The molecule has 186 valence electrons. The molecular weight excluding hydrogens is 462 g/mol. The van der Waals surface area contributed by atoms with E-state index in [1.54, 1.807) is 19.1 Å². The molecule has 1 aliphatic carbocycles. The summed E-state index contributed by atoms with van der Waals surface area (Å²) in [7, 11) is 1.27. The SMILES string of the molecule is COC(=O)[C@@H]1C(=O)C2=C(C[C@@H]1C)NC(C)=C(C(=O)OCc1ccccc1)[C@@H]2c1ccc2c(c1)OCO2. The van der Waals surface area contributed by atoms with Gasteiger partial charge >= 0.3 is 11.9 Å². The minimum Gasteiger partial charge on any atom is -0.468 e. The Morgan fingerprint density at radius 2 is 1.83 bits per heavy atom. The third-order valence-corrected chi connectivity index (χ3v) is 6.91. The molecule has 0 radical (unpaired) electrons. The molecule has 2 aromatic carbocycles. The predicted octanol–water partition coefficient (Wildman–Crippen LogP) is 3.77. The van der Waals surface area contributed by atoms with Crippen molar-refractivity contribution in [2.75, 3.05) is 13.9 Å². The maximum atomic E-state index is 13.8. The van der Waals surface area contributed by atoms with Crippen molar-refractivity contribution in [3.8, 4) is 11.5 Å². The first-order valence-corrected chi connectivity index (χ1v) is 11.8. The number of esters is 2. The standard InChI is InChI=1S/C28H27NO7/c1-15-11-19-25(26(30)22(15)27(31)33-3)24(18-9-10-20-21(12-18)36-14-35-20)23(16(2)29-19)28(32)34-13-17-7-5-4-6-8-17/h4-10,12,15,22,24,29H,11,13-14H2,1-3H3/t15-,22-,24-/m0/s1. The van der Waals surface area contributed by atoms with Gasteiger partial charge in [-0.2, -0.15) is 0 Å². The van der Waals surface area contributed by atoms with Gasteiger partial charge in [-0.05, 0) is 42.5 Å². The number of dihydropyridines is 1. The topological polar surface area (TPSA) is 100 Å². The van der Waals surface area contributed by atoms with Gasteiger partial charge in [0.15, 0.2) is 17.3 Å². The van der Waals surface area contributed by atoms with Crippen LogP contribution in [0.3, 0.4) is 0 Å². The van der Waals surface area contributed by atoms with E-state index in [2.05, 4.69) is 5.32 Å². The van der Waals surface area contributed by atoms with Crippen LogP contribution >= 0.6 is 0 Å². The van der Waals surface area contributed by atoms with E-state index in [4.69, 9.17) is 18.9 Å². The van der Waals surface area contributed by atoms with Crippen molar-refractivity contribution < 1.29 is 33.3 Å². The van der Waals surface area contributed by atoms with E-state index in [9.17, 15) is 14.4 Å². The zero-order chi connectivity index (χ0) is 25.4. The molecule has 2 aliphatic heterocycles. The molecule has 0 unspecified atom stereocenters. The lowest BCUT2D eigenvalue weighted by molar-refractivity contribution is -0.151. The van der Waals surface area contributed by atoms with Gasteiger partial charge in [0.25, 0.3) is 0 Å². The summed E-state index contributed by atoms with van der Waals surface area (Å²) in [5.41, 5.74) is 3.51. The molecule has 0 fully saturated rings. The lowest BCUT2D eigenvalue weighted by atomic mass is 9.69. The van der Waals surface area contributed by atoms with Crippen molar-refractivity contribution >= 4 is 17.7 Å². The van der Waals surface area contributed by atoms with Gasteiger partial charge in [0.2, 0.25) is 6.79 Å². The summed E-state index contributed by atoms with van der Waals surface area (Å²) in [4.78, 5) is 39.9. The number of fused-ring (bicyclic) bond motifs is 1. The van der Waals surface area contributed by atoms with Crippen LogP contribution in [0.25, 0.3) is 0 Å². The highest BCUT2D eigenvalue weighted by Gasteiger charge is 2.47. The molecule has 0 aromatic heterocycles. The fourth-order valence-corrected chi connectivity index (χ4v) is 5.18. The second-order valence-electron chi connectivity index (χ2n) is 9.21. The first kappa shape index (κ1) is 23.7. The maximum Gasteiger partial charge on any atom is 0.337 e. The number of rotatable bonds is 5. The summed E-state index contributed by atoms with van der Waals surface area (Å²) in [5, 5.41) is 3.27. The first-order chi connectivity index (χ1) is 17.4. The van der Waals surface area contributed by atoms with Crippen LogP contribution < -0.4 is 14.8 Å². The molecule has 0 amide bonds. The van der Waals surface area contributed by atoms with Gasteiger partial charge in [-0.25, -0.2) is 4.79 Å². The number of carbonyl (C=O) groups excluding carboxylic acids is 3. The number of Topliss-reactive ketones (excluding diaryl/α,β-unsaturated/α-hetero) is 1. The molecule has 1 N–H and O–H groups in total. The van der Waals surface area contributed by atoms with Gasteiger partial charge in [0, 0.05) is 22.9 Å². The Labute approximate surface area is 208 Å². The second kappa shape index (κ2) is 9.53. The number of benzene rings is 2. The molecule has 0 saturated heterocycles. The molecule has 5 rings (SSSR count). The van der Waals surface area contributed by atoms with Crippen molar-refractivity contribution in [1.82, 2.24) is 5.32 Å². The van der Waals surface area contributed by atoms with E-state index in [1.165, 1.54) is 7.11 Å². The van der Waals surface area contributed by atoms with Crippen LogP contribution in [0.1, 0.15) is 37.3 Å². The fraction of sp³-hybridized carbons (Fsp3) is 0.321. The van der Waals surface area contributed by atoms with Crippen LogP contribution in [-0.4, -0.2) is 31.6 Å². The molecule has 8 heteroatoms. The molecule has 2 heterocycles. The predicted molar refractivity (Wildman–Crippen MR) is 129 cm³/mol. The Kier molecular flexibility index (Phi) is 6.26. The largest absolute Gasteiger partial charge is 0.468 e. The van der Waals surface area contributed by atoms with Crippen molar-refractivity contribution in [1.29, 1.82) is 0 Å². The first-order valence-electron chi connectivity index (χ1n) is 11.8. The summed E-state index contributed by atoms with van der Waals surface area (Å²) in [6.45, 7) is 3.83. The highest BCUT2D eigenvalue weighted by molar-refractivity contribution is 6.12. The number of ketones is 1. The van der Waals surface area contributed by atoms with Gasteiger partial charge in [-0.3, -0.25) is 9.59 Å². The summed E-state index contributed by atoms with van der Waals surface area (Å²) in [6.07, 6.45) is 0.464. The molecule has 3 atom stereocenters. The third-order valence-electron chi connectivity index (χ3n) is 6.91. The number of nitrogens with one attached hydrogen (secondary N) is 1. The van der Waals surface area contributed by atoms with E-state index in [1.807, 2.05) is 43.3 Å². The quantitative estimate of drug-likeness (QED) is 0.501. The molecule has 3 aliphatic rings. The highest BCUT2D eigenvalue weighted by atomic mass is 16.7. The van der Waals surface area contributed by atoms with Crippen molar-refractivity contribution in [2.45, 2.75) is 32.8 Å². The number of hydrogen-bond acceptors (Lipinski definition) is 8. The van der Waals surface area contributed by atoms with E-state index >= 15 is 0 Å². The Morgan fingerprint density at radius 1 is 1.08 bits per heavy atom. The number of allylic oxidation sites excluding steroid dienone is 3. The van der Waals surface area contributed by atoms with Gasteiger partial charge in [0.05, 0.1) is 12.7 Å². The highest BCUT2D eigenvalue weighted by Crippen LogP contribution is 2.47. The summed E-state index contributed by atoms with van der Waals surface area (Å²) in [5.74, 6) is -2.31. The van der Waals surface area contributed by atoms with Gasteiger partial charge in [0.1, 0.15) is 12.5 Å². The zero-order valence-corrected chi connectivity index (χ0v) is 20.3. The number of ether oxygens (including phenoxy) is 4. The zero-order valence-electron chi connectivity index (χ0n) is 20.3. The van der Waals surface area contributed by atoms with Crippen molar-refractivity contribution in [2.24, 2.45) is 11.8 Å². The van der Waals surface area contributed by atoms with Gasteiger partial charge in [-0.1, -0.05) is 43.3 Å². The lowest BCUT2D eigenvalue weighted by Gasteiger charge is -2.38. The molecule has 2 aromatic rings. The summed E-state index contributed by atoms with van der Waals surface area (Å²) < 4.78 is 21.7. The van der Waals surface area contributed by atoms with Crippen LogP contribution in [0.15, 0.2) is 71.1 Å². The van der Waals surface area contributed by atoms with Gasteiger partial charge < -0.3 is 24.3 Å². The fourth-order valence-electron chi connectivity index (χ4n) is 5.18. The number of carbonyl (C=O) groups is 3. The molecule has 36 heavy (non-hydrogen) atoms. The lowest BCUT2D eigenvalue weighted by Crippen LogP contribution is -2.43. The summed E-state index contributed by atoms with van der Waals surface area (Å²) in [6, 6.07) is 14.7. The summed E-state index contributed by atoms with van der Waals surface area (Å²) >= 11 is 0. The second-order valence-corrected chi connectivity index (χ2v) is 9.21. The minimum absolute atomic E-state index is 0.0893. The van der Waals surface area contributed by atoms with E-state index < -0.39 is 23.8 Å². The molecule has 0 saturated carbocycles. The average molecular weight is 490 g/mol. The Balaban J connectivity index is 1.57.